The summed E-state index contributed by atoms with van der Waals surface area (Å²) in [6.45, 7) is -2.53. The maximum Gasteiger partial charge on any atom is 0.319 e. The summed E-state index contributed by atoms with van der Waals surface area (Å²) in [6.07, 6.45) is 4.07. The predicted molar refractivity (Wildman–Crippen MR) is 100 cm³/mol. The Hall–Kier alpha value is -3.36. The van der Waals surface area contributed by atoms with Gasteiger partial charge in [0.05, 0.1) is 13.1 Å². The number of rotatable bonds is 7. The lowest BCUT2D eigenvalue weighted by atomic mass is 10.2. The van der Waals surface area contributed by atoms with Gasteiger partial charge >= 0.3 is 6.55 Å². The lowest BCUT2D eigenvalue weighted by molar-refractivity contribution is 0.0581. The minimum Gasteiger partial charge on any atom is -0.327 e. The molecule has 2 aromatic heterocycles. The van der Waals surface area contributed by atoms with Gasteiger partial charge in [-0.2, -0.15) is 13.9 Å². The molecule has 9 heteroatoms. The van der Waals surface area contributed by atoms with Crippen LogP contribution in [-0.4, -0.2) is 36.2 Å². The second-order valence-corrected chi connectivity index (χ2v) is 6.89. The molecular weight excluding hydrogens is 380 g/mol. The molecule has 1 saturated carbocycles. The Kier molecular flexibility index (Phi) is 5.20. The van der Waals surface area contributed by atoms with Crippen LogP contribution in [0.4, 0.5) is 8.78 Å². The number of carbonyl (C=O) groups excluding carboxylic acids is 1. The predicted octanol–water partition coefficient (Wildman–Crippen LogP) is 2.69. The fourth-order valence-corrected chi connectivity index (χ4v) is 3.13. The summed E-state index contributed by atoms with van der Waals surface area (Å²) >= 11 is 0. The molecule has 7 nitrogen and oxygen atoms in total. The van der Waals surface area contributed by atoms with Crippen LogP contribution in [-0.2, 0) is 13.1 Å². The highest BCUT2D eigenvalue weighted by molar-refractivity contribution is 5.92. The van der Waals surface area contributed by atoms with E-state index in [9.17, 15) is 18.4 Å². The van der Waals surface area contributed by atoms with Gasteiger partial charge in [0, 0.05) is 24.5 Å². The van der Waals surface area contributed by atoms with Crippen molar-refractivity contribution in [3.8, 4) is 0 Å². The topological polar surface area (TPSA) is 73.0 Å². The van der Waals surface area contributed by atoms with Crippen molar-refractivity contribution in [3.05, 3.63) is 82.3 Å². The maximum absolute atomic E-state index is 13.1. The molecule has 0 radical (unpaired) electrons. The highest BCUT2D eigenvalue weighted by Crippen LogP contribution is 2.29. The van der Waals surface area contributed by atoms with Crippen molar-refractivity contribution >= 4 is 5.91 Å². The van der Waals surface area contributed by atoms with Crippen LogP contribution in [0.2, 0.25) is 0 Å². The zero-order valence-electron chi connectivity index (χ0n) is 15.5. The van der Waals surface area contributed by atoms with E-state index >= 15 is 0 Å². The average molecular weight is 399 g/mol. The van der Waals surface area contributed by atoms with Crippen molar-refractivity contribution in [1.82, 2.24) is 24.2 Å². The van der Waals surface area contributed by atoms with E-state index in [0.717, 1.165) is 23.0 Å². The number of nitrogens with zero attached hydrogens (tertiary/aromatic N) is 5. The molecule has 0 spiro atoms. The summed E-state index contributed by atoms with van der Waals surface area (Å²) < 4.78 is 28.2. The summed E-state index contributed by atoms with van der Waals surface area (Å²) in [5.74, 6) is -0.295. The molecular formula is C20H19F2N5O2. The van der Waals surface area contributed by atoms with Crippen LogP contribution in [0.25, 0.3) is 0 Å². The molecule has 1 aliphatic rings. The first-order valence-corrected chi connectivity index (χ1v) is 9.26. The van der Waals surface area contributed by atoms with Gasteiger partial charge < -0.3 is 4.90 Å². The molecule has 1 fully saturated rings. The van der Waals surface area contributed by atoms with E-state index < -0.39 is 12.5 Å². The number of carbonyl (C=O) groups is 1. The molecule has 1 aromatic carbocycles. The van der Waals surface area contributed by atoms with Crippen molar-refractivity contribution in [3.63, 3.8) is 0 Å². The number of halogens is 2. The van der Waals surface area contributed by atoms with Crippen molar-refractivity contribution in [1.29, 1.82) is 0 Å². The van der Waals surface area contributed by atoms with Gasteiger partial charge in [-0.05, 0) is 24.5 Å². The van der Waals surface area contributed by atoms with E-state index in [1.54, 1.807) is 0 Å². The summed E-state index contributed by atoms with van der Waals surface area (Å²) in [7, 11) is 0. The zero-order chi connectivity index (χ0) is 20.4. The first-order chi connectivity index (χ1) is 14.0. The van der Waals surface area contributed by atoms with Gasteiger partial charge in [0.15, 0.2) is 0 Å². The van der Waals surface area contributed by atoms with E-state index in [1.807, 2.05) is 30.3 Å². The summed E-state index contributed by atoms with van der Waals surface area (Å²) in [4.78, 5) is 30.7. The van der Waals surface area contributed by atoms with Crippen molar-refractivity contribution in [2.75, 3.05) is 0 Å². The van der Waals surface area contributed by atoms with E-state index in [0.29, 0.717) is 0 Å². The number of benzene rings is 1. The Morgan fingerprint density at radius 3 is 2.62 bits per heavy atom. The van der Waals surface area contributed by atoms with Crippen molar-refractivity contribution < 1.29 is 13.6 Å². The molecule has 1 amide bonds. The van der Waals surface area contributed by atoms with Gasteiger partial charge in [0.25, 0.3) is 11.5 Å². The highest BCUT2D eigenvalue weighted by Gasteiger charge is 2.35. The zero-order valence-corrected chi connectivity index (χ0v) is 15.5. The summed E-state index contributed by atoms with van der Waals surface area (Å²) in [6, 6.07) is 11.9. The number of amides is 1. The molecule has 150 valence electrons. The summed E-state index contributed by atoms with van der Waals surface area (Å²) in [5.41, 5.74) is 0.656. The third-order valence-corrected chi connectivity index (χ3v) is 4.78. The van der Waals surface area contributed by atoms with E-state index in [-0.39, 0.29) is 36.2 Å². The molecule has 3 aromatic rings. The second-order valence-electron chi connectivity index (χ2n) is 6.89. The van der Waals surface area contributed by atoms with E-state index in [2.05, 4.69) is 10.1 Å². The molecule has 29 heavy (non-hydrogen) atoms. The van der Waals surface area contributed by atoms with E-state index in [4.69, 9.17) is 0 Å². The minimum atomic E-state index is -2.73. The maximum atomic E-state index is 13.1. The lowest BCUT2D eigenvalue weighted by Crippen LogP contribution is -2.36. The number of imidazole rings is 1. The molecule has 0 saturated heterocycles. The van der Waals surface area contributed by atoms with E-state index in [1.165, 1.54) is 34.1 Å². The lowest BCUT2D eigenvalue weighted by Gasteiger charge is -2.22. The van der Waals surface area contributed by atoms with Gasteiger partial charge in [-0.1, -0.05) is 30.3 Å². The molecule has 0 bridgehead atoms. The van der Waals surface area contributed by atoms with Crippen LogP contribution >= 0.6 is 0 Å². The van der Waals surface area contributed by atoms with Crippen LogP contribution < -0.4 is 5.56 Å². The molecule has 0 N–H and O–H groups in total. The first kappa shape index (κ1) is 19.0. The molecule has 0 unspecified atom stereocenters. The molecule has 0 atom stereocenters. The van der Waals surface area contributed by atoms with Crippen LogP contribution in [0.3, 0.4) is 0 Å². The third-order valence-electron chi connectivity index (χ3n) is 4.78. The SMILES string of the molecule is O=C(c1ccc(=O)n(Cc2ccccc2)n1)N(Cc1nccn1C(F)F)C1CC1. The van der Waals surface area contributed by atoms with Crippen LogP contribution in [0.1, 0.15) is 41.3 Å². The standard InChI is InChI=1S/C20H19F2N5O2/c21-20(22)25-11-10-23-17(25)13-26(15-6-7-15)19(29)16-8-9-18(28)27(24-16)12-14-4-2-1-3-5-14/h1-5,8-11,15,20H,6-7,12-13H2. The number of aromatic nitrogens is 4. The molecule has 0 aliphatic heterocycles. The molecule has 4 rings (SSSR count). The monoisotopic (exact) mass is 399 g/mol. The fourth-order valence-electron chi connectivity index (χ4n) is 3.13. The summed E-state index contributed by atoms with van der Waals surface area (Å²) in [5, 5.41) is 4.22. The highest BCUT2D eigenvalue weighted by atomic mass is 19.3. The average Bonchev–Trinajstić information content (AvgIpc) is 3.45. The smallest absolute Gasteiger partial charge is 0.319 e. The van der Waals surface area contributed by atoms with Crippen LogP contribution in [0.15, 0.2) is 59.7 Å². The Bertz CT molecular complexity index is 1060. The quantitative estimate of drug-likeness (QED) is 0.612. The molecule has 1 aliphatic carbocycles. The third kappa shape index (κ3) is 4.23. The first-order valence-electron chi connectivity index (χ1n) is 9.26. The largest absolute Gasteiger partial charge is 0.327 e. The van der Waals surface area contributed by atoms with Gasteiger partial charge in [-0.3, -0.25) is 14.2 Å². The number of alkyl halides is 2. The number of hydrogen-bond donors (Lipinski definition) is 0. The van der Waals surface area contributed by atoms with Crippen molar-refractivity contribution in [2.45, 2.75) is 38.5 Å². The minimum absolute atomic E-state index is 0.0402. The van der Waals surface area contributed by atoms with Gasteiger partial charge in [0.1, 0.15) is 11.5 Å². The second kappa shape index (κ2) is 7.94. The van der Waals surface area contributed by atoms with Crippen molar-refractivity contribution in [2.24, 2.45) is 0 Å². The molecule has 2 heterocycles. The van der Waals surface area contributed by atoms with Gasteiger partial charge in [-0.15, -0.1) is 0 Å². The number of hydrogen-bond acceptors (Lipinski definition) is 4. The fraction of sp³-hybridized carbons (Fsp3) is 0.300. The Morgan fingerprint density at radius 2 is 1.93 bits per heavy atom. The van der Waals surface area contributed by atoms with Gasteiger partial charge in [0.2, 0.25) is 0 Å². The van der Waals surface area contributed by atoms with Crippen LogP contribution in [0.5, 0.6) is 0 Å². The Morgan fingerprint density at radius 1 is 1.17 bits per heavy atom. The Labute approximate surface area is 165 Å². The Balaban J connectivity index is 1.59. The van der Waals surface area contributed by atoms with Gasteiger partial charge in [-0.25, -0.2) is 9.67 Å². The van der Waals surface area contributed by atoms with Crippen LogP contribution in [0, 0.1) is 0 Å². The normalized spacial score (nSPS) is 13.6.